The van der Waals surface area contributed by atoms with Gasteiger partial charge in [0.15, 0.2) is 12.6 Å². The molecule has 1 spiro atoms. The highest BCUT2D eigenvalue weighted by molar-refractivity contribution is 5.55. The molecule has 2 rings (SSSR count). The van der Waals surface area contributed by atoms with Gasteiger partial charge in [0.2, 0.25) is 0 Å². The minimum Gasteiger partial charge on any atom is -0.323 e. The molecule has 0 amide bonds. The smallest absolute Gasteiger partial charge is 0.183 e. The molecule has 1 aliphatic carbocycles. The first-order valence-electron chi connectivity index (χ1n) is 4.11. The third-order valence-corrected chi connectivity index (χ3v) is 2.63. The van der Waals surface area contributed by atoms with E-state index in [1.165, 1.54) is 0 Å². The summed E-state index contributed by atoms with van der Waals surface area (Å²) in [5.41, 5.74) is 0. The minimum absolute atomic E-state index is 0.0231. The van der Waals surface area contributed by atoms with Gasteiger partial charge in [0.1, 0.15) is 6.29 Å². The molecule has 0 aromatic rings. The van der Waals surface area contributed by atoms with E-state index in [1.807, 2.05) is 0 Å². The van der Waals surface area contributed by atoms with E-state index >= 15 is 0 Å². The molecule has 0 bridgehead atoms. The van der Waals surface area contributed by atoms with Crippen molar-refractivity contribution in [3.8, 4) is 0 Å². The van der Waals surface area contributed by atoms with Gasteiger partial charge in [-0.25, -0.2) is 0 Å². The van der Waals surface area contributed by atoms with Crippen LogP contribution in [0.4, 0.5) is 0 Å². The van der Waals surface area contributed by atoms with E-state index in [4.69, 9.17) is 9.47 Å². The quantitative estimate of drug-likeness (QED) is 0.533. The van der Waals surface area contributed by atoms with Crippen molar-refractivity contribution in [2.75, 3.05) is 6.79 Å². The van der Waals surface area contributed by atoms with Gasteiger partial charge < -0.3 is 14.3 Å². The summed E-state index contributed by atoms with van der Waals surface area (Å²) in [5, 5.41) is 0. The molecule has 3 heteroatoms. The summed E-state index contributed by atoms with van der Waals surface area (Å²) in [4.78, 5) is 10.6. The lowest BCUT2D eigenvalue weighted by Crippen LogP contribution is -2.54. The third-order valence-electron chi connectivity index (χ3n) is 2.63. The van der Waals surface area contributed by atoms with Crippen LogP contribution in [0.2, 0.25) is 0 Å². The lowest BCUT2D eigenvalue weighted by atomic mass is 9.83. The summed E-state index contributed by atoms with van der Waals surface area (Å²) in [7, 11) is 0. The Balaban J connectivity index is 2.08. The maximum absolute atomic E-state index is 10.6. The van der Waals surface area contributed by atoms with Gasteiger partial charge in [-0.2, -0.15) is 0 Å². The van der Waals surface area contributed by atoms with Crippen molar-refractivity contribution in [2.45, 2.75) is 31.5 Å². The van der Waals surface area contributed by atoms with Crippen LogP contribution in [0, 0.1) is 5.92 Å². The Morgan fingerprint density at radius 3 is 2.64 bits per heavy atom. The summed E-state index contributed by atoms with van der Waals surface area (Å²) in [6, 6.07) is 0. The molecule has 0 aromatic carbocycles. The first-order valence-corrected chi connectivity index (χ1v) is 4.11. The van der Waals surface area contributed by atoms with Gasteiger partial charge >= 0.3 is 0 Å². The summed E-state index contributed by atoms with van der Waals surface area (Å²) in [6.45, 7) is 0.365. The van der Waals surface area contributed by atoms with Crippen molar-refractivity contribution >= 4 is 6.29 Å². The average molecular weight is 156 g/mol. The topological polar surface area (TPSA) is 35.5 Å². The first kappa shape index (κ1) is 7.25. The standard InChI is InChI=1S/C8H12O3/c9-5-7-3-1-2-4-8(7)10-6-11-8/h5,7H,1-4,6H2/t7-/m1/s1. The monoisotopic (exact) mass is 156 g/mol. The Kier molecular flexibility index (Phi) is 1.69. The molecule has 2 fully saturated rings. The molecule has 0 radical (unpaired) electrons. The summed E-state index contributed by atoms with van der Waals surface area (Å²) in [6.07, 6.45) is 5.01. The molecule has 62 valence electrons. The van der Waals surface area contributed by atoms with Crippen molar-refractivity contribution in [1.29, 1.82) is 0 Å². The molecular weight excluding hydrogens is 144 g/mol. The van der Waals surface area contributed by atoms with Gasteiger partial charge in [-0.3, -0.25) is 0 Å². The van der Waals surface area contributed by atoms with Crippen LogP contribution in [-0.4, -0.2) is 18.9 Å². The van der Waals surface area contributed by atoms with Crippen molar-refractivity contribution in [2.24, 2.45) is 5.92 Å². The number of carbonyl (C=O) groups excluding carboxylic acids is 1. The molecule has 0 N–H and O–H groups in total. The van der Waals surface area contributed by atoms with Gasteiger partial charge in [-0.15, -0.1) is 0 Å². The van der Waals surface area contributed by atoms with Crippen LogP contribution >= 0.6 is 0 Å². The van der Waals surface area contributed by atoms with Crippen LogP contribution in [0.15, 0.2) is 0 Å². The largest absolute Gasteiger partial charge is 0.323 e. The normalized spacial score (nSPS) is 34.7. The van der Waals surface area contributed by atoms with Crippen LogP contribution in [0.3, 0.4) is 0 Å². The van der Waals surface area contributed by atoms with Crippen LogP contribution < -0.4 is 0 Å². The van der Waals surface area contributed by atoms with E-state index in [0.717, 1.165) is 32.0 Å². The van der Waals surface area contributed by atoms with Gasteiger partial charge in [-0.1, -0.05) is 6.42 Å². The fraction of sp³-hybridized carbons (Fsp3) is 0.875. The van der Waals surface area contributed by atoms with Gasteiger partial charge in [-0.05, 0) is 12.8 Å². The third kappa shape index (κ3) is 0.993. The number of rotatable bonds is 1. The predicted octanol–water partition coefficient (Wildman–Crippen LogP) is 1.08. The second-order valence-electron chi connectivity index (χ2n) is 3.21. The number of hydrogen-bond donors (Lipinski definition) is 0. The SMILES string of the molecule is O=C[C@H]1CCCCC12OCO2. The first-order chi connectivity index (χ1) is 5.37. The molecule has 2 aliphatic rings. The van der Waals surface area contributed by atoms with Crippen molar-refractivity contribution in [3.63, 3.8) is 0 Å². The zero-order valence-electron chi connectivity index (χ0n) is 6.41. The number of hydrogen-bond acceptors (Lipinski definition) is 3. The second kappa shape index (κ2) is 2.57. The fourth-order valence-electron chi connectivity index (χ4n) is 1.88. The van der Waals surface area contributed by atoms with Crippen LogP contribution in [-0.2, 0) is 14.3 Å². The second-order valence-corrected chi connectivity index (χ2v) is 3.21. The minimum atomic E-state index is -0.500. The average Bonchev–Trinajstić information content (AvgIpc) is 2.01. The maximum Gasteiger partial charge on any atom is 0.183 e. The zero-order chi connectivity index (χ0) is 7.73. The van der Waals surface area contributed by atoms with E-state index in [-0.39, 0.29) is 5.92 Å². The van der Waals surface area contributed by atoms with E-state index in [1.54, 1.807) is 0 Å². The molecule has 1 atom stereocenters. The highest BCUT2D eigenvalue weighted by atomic mass is 16.9. The highest BCUT2D eigenvalue weighted by Crippen LogP contribution is 2.41. The van der Waals surface area contributed by atoms with Crippen LogP contribution in [0.1, 0.15) is 25.7 Å². The Hall–Kier alpha value is -0.410. The van der Waals surface area contributed by atoms with E-state index in [9.17, 15) is 4.79 Å². The van der Waals surface area contributed by atoms with E-state index in [2.05, 4.69) is 0 Å². The molecule has 0 unspecified atom stereocenters. The Bertz CT molecular complexity index is 163. The van der Waals surface area contributed by atoms with E-state index < -0.39 is 5.79 Å². The molecule has 1 saturated carbocycles. The Morgan fingerprint density at radius 1 is 1.36 bits per heavy atom. The van der Waals surface area contributed by atoms with Gasteiger partial charge in [0.05, 0.1) is 5.92 Å². The molecule has 3 nitrogen and oxygen atoms in total. The fourth-order valence-corrected chi connectivity index (χ4v) is 1.88. The zero-order valence-corrected chi connectivity index (χ0v) is 6.41. The predicted molar refractivity (Wildman–Crippen MR) is 37.8 cm³/mol. The molecule has 11 heavy (non-hydrogen) atoms. The van der Waals surface area contributed by atoms with Crippen molar-refractivity contribution in [1.82, 2.24) is 0 Å². The number of ether oxygens (including phenoxy) is 2. The van der Waals surface area contributed by atoms with Crippen LogP contribution in [0.25, 0.3) is 0 Å². The van der Waals surface area contributed by atoms with Crippen molar-refractivity contribution < 1.29 is 14.3 Å². The lowest BCUT2D eigenvalue weighted by molar-refractivity contribution is -0.418. The maximum atomic E-state index is 10.6. The molecule has 1 heterocycles. The molecule has 1 aliphatic heterocycles. The van der Waals surface area contributed by atoms with Gasteiger partial charge in [0.25, 0.3) is 0 Å². The van der Waals surface area contributed by atoms with Gasteiger partial charge in [0, 0.05) is 6.42 Å². The molecule has 0 aromatic heterocycles. The summed E-state index contributed by atoms with van der Waals surface area (Å²) < 4.78 is 10.6. The Morgan fingerprint density at radius 2 is 2.18 bits per heavy atom. The van der Waals surface area contributed by atoms with E-state index in [0.29, 0.717) is 6.79 Å². The summed E-state index contributed by atoms with van der Waals surface area (Å²) >= 11 is 0. The number of aldehydes is 1. The van der Waals surface area contributed by atoms with Crippen molar-refractivity contribution in [3.05, 3.63) is 0 Å². The van der Waals surface area contributed by atoms with Crippen LogP contribution in [0.5, 0.6) is 0 Å². The summed E-state index contributed by atoms with van der Waals surface area (Å²) in [5.74, 6) is -0.523. The number of carbonyl (C=O) groups is 1. The highest BCUT2D eigenvalue weighted by Gasteiger charge is 2.48. The molecular formula is C8H12O3. The lowest BCUT2D eigenvalue weighted by Gasteiger charge is -2.47. The molecule has 1 saturated heterocycles. The Labute approximate surface area is 65.7 Å².